The van der Waals surface area contributed by atoms with Crippen molar-refractivity contribution in [3.63, 3.8) is 0 Å². The summed E-state index contributed by atoms with van der Waals surface area (Å²) in [6.45, 7) is 6.56. The van der Waals surface area contributed by atoms with Crippen LogP contribution in [0.2, 0.25) is 0 Å². The molecule has 2 aromatic heterocycles. The Bertz CT molecular complexity index is 919. The molecule has 1 N–H and O–H groups in total. The molecule has 1 fully saturated rings. The molecule has 0 amide bonds. The number of hydrogen-bond acceptors (Lipinski definition) is 4. The van der Waals surface area contributed by atoms with Crippen molar-refractivity contribution in [3.05, 3.63) is 52.2 Å². The molecule has 0 saturated carbocycles. The number of H-pyrrole nitrogens is 1. The molecule has 124 valence electrons. The van der Waals surface area contributed by atoms with E-state index in [0.29, 0.717) is 6.04 Å². The number of hydrogen-bond donors (Lipinski definition) is 1. The third-order valence-electron chi connectivity index (χ3n) is 5.01. The lowest BCUT2D eigenvalue weighted by molar-refractivity contribution is 0.263. The van der Waals surface area contributed by atoms with Gasteiger partial charge in [0.25, 0.3) is 0 Å². The van der Waals surface area contributed by atoms with E-state index in [0.717, 1.165) is 22.3 Å². The van der Waals surface area contributed by atoms with Gasteiger partial charge in [0.1, 0.15) is 5.52 Å². The van der Waals surface area contributed by atoms with Crippen LogP contribution in [0.5, 0.6) is 0 Å². The quantitative estimate of drug-likeness (QED) is 0.804. The van der Waals surface area contributed by atoms with Crippen molar-refractivity contribution in [2.45, 2.75) is 32.7 Å². The molecule has 1 saturated heterocycles. The van der Waals surface area contributed by atoms with Crippen LogP contribution in [0.4, 0.5) is 0 Å². The molecule has 1 atom stereocenters. The van der Waals surface area contributed by atoms with E-state index in [-0.39, 0.29) is 5.69 Å². The Labute approximate surface area is 140 Å². The van der Waals surface area contributed by atoms with Crippen LogP contribution in [0.1, 0.15) is 37.1 Å². The average Bonchev–Trinajstić information content (AvgIpc) is 3.23. The molecule has 0 radical (unpaired) electrons. The lowest BCUT2D eigenvalue weighted by atomic mass is 10.0. The van der Waals surface area contributed by atoms with Crippen LogP contribution >= 0.6 is 0 Å². The first-order valence-electron chi connectivity index (χ1n) is 8.42. The van der Waals surface area contributed by atoms with Gasteiger partial charge in [-0.3, -0.25) is 4.90 Å². The molecule has 3 aromatic rings. The second-order valence-electron chi connectivity index (χ2n) is 6.47. The Morgan fingerprint density at radius 2 is 1.88 bits per heavy atom. The molecular formula is C18H21N5O. The van der Waals surface area contributed by atoms with E-state index in [9.17, 15) is 4.79 Å². The molecule has 1 aromatic carbocycles. The highest BCUT2D eigenvalue weighted by molar-refractivity contribution is 5.81. The van der Waals surface area contributed by atoms with E-state index in [1.165, 1.54) is 36.0 Å². The Morgan fingerprint density at radius 1 is 1.17 bits per heavy atom. The highest BCUT2D eigenvalue weighted by Crippen LogP contribution is 2.30. The number of aromatic amines is 1. The summed E-state index contributed by atoms with van der Waals surface area (Å²) in [5.74, 6) is 0. The van der Waals surface area contributed by atoms with Crippen molar-refractivity contribution in [1.82, 2.24) is 24.7 Å². The second-order valence-corrected chi connectivity index (χ2v) is 6.47. The number of nitrogens with zero attached hydrogens (tertiary/aromatic N) is 4. The van der Waals surface area contributed by atoms with Gasteiger partial charge in [0.2, 0.25) is 0 Å². The number of likely N-dealkylation sites (tertiary alicyclic amines) is 1. The fraction of sp³-hybridized carbons (Fsp3) is 0.389. The van der Waals surface area contributed by atoms with E-state index in [1.807, 2.05) is 6.92 Å². The third kappa shape index (κ3) is 2.43. The van der Waals surface area contributed by atoms with Gasteiger partial charge in [-0.25, -0.2) is 9.89 Å². The van der Waals surface area contributed by atoms with Crippen LogP contribution in [-0.4, -0.2) is 37.8 Å². The average molecular weight is 323 g/mol. The molecule has 0 unspecified atom stereocenters. The zero-order valence-corrected chi connectivity index (χ0v) is 14.0. The van der Waals surface area contributed by atoms with Crippen LogP contribution < -0.4 is 5.69 Å². The van der Waals surface area contributed by atoms with Gasteiger partial charge in [0.15, 0.2) is 0 Å². The SMILES string of the molecule is Cc1nn2c(=O)[nH]ncc2c1-c1ccc([C@H](C)N2CCCC2)cc1. The molecule has 1 aliphatic rings. The number of aryl methyl sites for hydroxylation is 1. The molecule has 0 bridgehead atoms. The van der Waals surface area contributed by atoms with Gasteiger partial charge in [-0.1, -0.05) is 24.3 Å². The first kappa shape index (κ1) is 15.1. The Hall–Kier alpha value is -2.47. The third-order valence-corrected chi connectivity index (χ3v) is 5.01. The molecule has 24 heavy (non-hydrogen) atoms. The standard InChI is InChI=1S/C18H21N5O/c1-12-17(16-11-19-20-18(24)23(16)21-12)15-7-5-14(6-8-15)13(2)22-9-3-4-10-22/h5-8,11,13H,3-4,9-10H2,1-2H3,(H,20,24)/t13-/m0/s1. The summed E-state index contributed by atoms with van der Waals surface area (Å²) in [4.78, 5) is 14.4. The highest BCUT2D eigenvalue weighted by atomic mass is 16.1. The molecule has 0 spiro atoms. The maximum atomic E-state index is 11.8. The zero-order chi connectivity index (χ0) is 16.7. The minimum atomic E-state index is -0.318. The van der Waals surface area contributed by atoms with Gasteiger partial charge in [-0.2, -0.15) is 14.7 Å². The topological polar surface area (TPSA) is 66.3 Å². The van der Waals surface area contributed by atoms with Crippen LogP contribution in [0.15, 0.2) is 35.3 Å². The lowest BCUT2D eigenvalue weighted by Gasteiger charge is -2.24. The van der Waals surface area contributed by atoms with Gasteiger partial charge >= 0.3 is 5.69 Å². The molecule has 3 heterocycles. The lowest BCUT2D eigenvalue weighted by Crippen LogP contribution is -2.23. The summed E-state index contributed by atoms with van der Waals surface area (Å²) in [5, 5.41) is 10.7. The predicted octanol–water partition coefficient (Wildman–Crippen LogP) is 2.55. The summed E-state index contributed by atoms with van der Waals surface area (Å²) >= 11 is 0. The predicted molar refractivity (Wildman–Crippen MR) is 93.0 cm³/mol. The molecule has 6 nitrogen and oxygen atoms in total. The van der Waals surface area contributed by atoms with Crippen LogP contribution in [0, 0.1) is 6.92 Å². The summed E-state index contributed by atoms with van der Waals surface area (Å²) in [5.41, 5.74) is 4.60. The van der Waals surface area contributed by atoms with Gasteiger partial charge in [0, 0.05) is 11.6 Å². The highest BCUT2D eigenvalue weighted by Gasteiger charge is 2.20. The number of aromatic nitrogens is 4. The number of fused-ring (bicyclic) bond motifs is 1. The molecule has 4 rings (SSSR count). The molecule has 0 aliphatic carbocycles. The summed E-state index contributed by atoms with van der Waals surface area (Å²) in [6, 6.07) is 9.04. The van der Waals surface area contributed by atoms with Crippen molar-refractivity contribution in [2.24, 2.45) is 0 Å². The summed E-state index contributed by atoms with van der Waals surface area (Å²) in [7, 11) is 0. The van der Waals surface area contributed by atoms with E-state index < -0.39 is 0 Å². The molecule has 1 aliphatic heterocycles. The normalized spacial score (nSPS) is 16.8. The van der Waals surface area contributed by atoms with Gasteiger partial charge in [0.05, 0.1) is 11.9 Å². The molecule has 6 heteroatoms. The fourth-order valence-corrected chi connectivity index (χ4v) is 3.64. The van der Waals surface area contributed by atoms with Gasteiger partial charge in [-0.15, -0.1) is 0 Å². The summed E-state index contributed by atoms with van der Waals surface area (Å²) < 4.78 is 1.37. The van der Waals surface area contributed by atoms with Crippen LogP contribution in [0.3, 0.4) is 0 Å². The summed E-state index contributed by atoms with van der Waals surface area (Å²) in [6.07, 6.45) is 4.24. The van der Waals surface area contributed by atoms with E-state index in [1.54, 1.807) is 6.20 Å². The van der Waals surface area contributed by atoms with Gasteiger partial charge in [-0.05, 0) is 50.9 Å². The van der Waals surface area contributed by atoms with Gasteiger partial charge < -0.3 is 0 Å². The Morgan fingerprint density at radius 3 is 2.58 bits per heavy atom. The number of benzene rings is 1. The first-order chi connectivity index (χ1) is 11.6. The van der Waals surface area contributed by atoms with Crippen molar-refractivity contribution < 1.29 is 0 Å². The maximum Gasteiger partial charge on any atom is 0.363 e. The fourth-order valence-electron chi connectivity index (χ4n) is 3.64. The van der Waals surface area contributed by atoms with E-state index >= 15 is 0 Å². The van der Waals surface area contributed by atoms with Crippen molar-refractivity contribution in [3.8, 4) is 11.1 Å². The smallest absolute Gasteiger partial charge is 0.297 e. The van der Waals surface area contributed by atoms with Crippen molar-refractivity contribution in [1.29, 1.82) is 0 Å². The maximum absolute atomic E-state index is 11.8. The van der Waals surface area contributed by atoms with Crippen LogP contribution in [0.25, 0.3) is 16.6 Å². The first-order valence-corrected chi connectivity index (χ1v) is 8.42. The van der Waals surface area contributed by atoms with E-state index in [4.69, 9.17) is 0 Å². The Balaban J connectivity index is 1.72. The van der Waals surface area contributed by atoms with Crippen LogP contribution in [-0.2, 0) is 0 Å². The zero-order valence-electron chi connectivity index (χ0n) is 14.0. The van der Waals surface area contributed by atoms with E-state index in [2.05, 4.69) is 51.4 Å². The number of rotatable bonds is 3. The largest absolute Gasteiger partial charge is 0.363 e. The monoisotopic (exact) mass is 323 g/mol. The minimum absolute atomic E-state index is 0.318. The minimum Gasteiger partial charge on any atom is -0.297 e. The van der Waals surface area contributed by atoms with Crippen molar-refractivity contribution in [2.75, 3.05) is 13.1 Å². The van der Waals surface area contributed by atoms with Crippen molar-refractivity contribution >= 4 is 5.52 Å². The number of nitrogens with one attached hydrogen (secondary N) is 1. The Kier molecular flexibility index (Phi) is 3.69. The second kappa shape index (κ2) is 5.87. The molecular weight excluding hydrogens is 302 g/mol.